The van der Waals surface area contributed by atoms with Gasteiger partial charge in [-0.25, -0.2) is 0 Å². The van der Waals surface area contributed by atoms with E-state index in [4.69, 9.17) is 4.74 Å². The van der Waals surface area contributed by atoms with Crippen LogP contribution in [0.3, 0.4) is 0 Å². The van der Waals surface area contributed by atoms with Gasteiger partial charge in [0, 0.05) is 12.1 Å². The molecule has 5 heteroatoms. The van der Waals surface area contributed by atoms with E-state index in [0.29, 0.717) is 5.56 Å². The standard InChI is InChI=1S/C26H35N3O2/c30-26(23-7-9-25(10-8-23)31-24-5-2-1-3-6-24)28-15-4-18-29-19-13-22(14-20-29)21-11-16-27-17-12-21/h1-3,5-10,21-22,27H,4,11-20H2,(H,28,30). The van der Waals surface area contributed by atoms with Crippen molar-refractivity contribution in [2.75, 3.05) is 39.3 Å². The Morgan fingerprint density at radius 1 is 0.903 bits per heavy atom. The van der Waals surface area contributed by atoms with Crippen molar-refractivity contribution in [1.29, 1.82) is 0 Å². The van der Waals surface area contributed by atoms with E-state index in [1.807, 2.05) is 54.6 Å². The van der Waals surface area contributed by atoms with Crippen LogP contribution < -0.4 is 15.4 Å². The van der Waals surface area contributed by atoms with Gasteiger partial charge < -0.3 is 20.3 Å². The first-order chi connectivity index (χ1) is 15.3. The molecule has 2 fully saturated rings. The number of nitrogens with one attached hydrogen (secondary N) is 2. The van der Waals surface area contributed by atoms with Gasteiger partial charge in [-0.05, 0) is 113 Å². The Kier molecular flexibility index (Phi) is 7.97. The number of piperidine rings is 2. The van der Waals surface area contributed by atoms with Gasteiger partial charge in [0.05, 0.1) is 0 Å². The van der Waals surface area contributed by atoms with E-state index in [1.165, 1.54) is 51.9 Å². The lowest BCUT2D eigenvalue weighted by Gasteiger charge is -2.37. The molecular formula is C26H35N3O2. The first kappa shape index (κ1) is 21.8. The monoisotopic (exact) mass is 421 g/mol. The molecule has 0 saturated carbocycles. The highest BCUT2D eigenvalue weighted by Gasteiger charge is 2.27. The number of amides is 1. The number of likely N-dealkylation sites (tertiary alicyclic amines) is 1. The summed E-state index contributed by atoms with van der Waals surface area (Å²) >= 11 is 0. The van der Waals surface area contributed by atoms with E-state index in [2.05, 4.69) is 15.5 Å². The fraction of sp³-hybridized carbons (Fsp3) is 0.500. The number of benzene rings is 2. The molecule has 31 heavy (non-hydrogen) atoms. The van der Waals surface area contributed by atoms with Gasteiger partial charge in [-0.15, -0.1) is 0 Å². The van der Waals surface area contributed by atoms with Crippen molar-refractivity contribution in [2.45, 2.75) is 32.1 Å². The summed E-state index contributed by atoms with van der Waals surface area (Å²) in [7, 11) is 0. The van der Waals surface area contributed by atoms with Crippen molar-refractivity contribution in [2.24, 2.45) is 11.8 Å². The van der Waals surface area contributed by atoms with Crippen molar-refractivity contribution in [3.63, 3.8) is 0 Å². The van der Waals surface area contributed by atoms with Gasteiger partial charge in [0.2, 0.25) is 0 Å². The molecule has 5 nitrogen and oxygen atoms in total. The third-order valence-corrected chi connectivity index (χ3v) is 6.71. The summed E-state index contributed by atoms with van der Waals surface area (Å²) in [6, 6.07) is 17.0. The number of carbonyl (C=O) groups is 1. The molecule has 0 atom stereocenters. The van der Waals surface area contributed by atoms with Gasteiger partial charge in [-0.2, -0.15) is 0 Å². The highest BCUT2D eigenvalue weighted by Crippen LogP contribution is 2.30. The molecule has 2 heterocycles. The summed E-state index contributed by atoms with van der Waals surface area (Å²) in [6.45, 7) is 6.62. The van der Waals surface area contributed by atoms with Crippen LogP contribution in [0.15, 0.2) is 54.6 Å². The van der Waals surface area contributed by atoms with Crippen LogP contribution in [0.1, 0.15) is 42.5 Å². The van der Waals surface area contributed by atoms with Gasteiger partial charge in [0.25, 0.3) is 5.91 Å². The topological polar surface area (TPSA) is 53.6 Å². The molecule has 0 spiro atoms. The fourth-order valence-electron chi connectivity index (χ4n) is 4.87. The first-order valence-electron chi connectivity index (χ1n) is 11.8. The number of ether oxygens (including phenoxy) is 1. The van der Waals surface area contributed by atoms with Crippen LogP contribution in [0.5, 0.6) is 11.5 Å². The summed E-state index contributed by atoms with van der Waals surface area (Å²) in [5.74, 6) is 3.37. The maximum atomic E-state index is 12.4. The van der Waals surface area contributed by atoms with Crippen molar-refractivity contribution in [1.82, 2.24) is 15.5 Å². The van der Waals surface area contributed by atoms with Crippen molar-refractivity contribution < 1.29 is 9.53 Å². The van der Waals surface area contributed by atoms with E-state index < -0.39 is 0 Å². The lowest BCUT2D eigenvalue weighted by molar-refractivity contribution is 0.0948. The molecule has 0 aliphatic carbocycles. The summed E-state index contributed by atoms with van der Waals surface area (Å²) in [4.78, 5) is 15.0. The maximum Gasteiger partial charge on any atom is 0.251 e. The molecule has 2 aliphatic rings. The average molecular weight is 422 g/mol. The summed E-state index contributed by atoms with van der Waals surface area (Å²) in [5.41, 5.74) is 0.670. The van der Waals surface area contributed by atoms with Gasteiger partial charge in [-0.3, -0.25) is 4.79 Å². The fourth-order valence-corrected chi connectivity index (χ4v) is 4.87. The Morgan fingerprint density at radius 2 is 1.55 bits per heavy atom. The molecule has 2 aromatic carbocycles. The lowest BCUT2D eigenvalue weighted by atomic mass is 9.79. The maximum absolute atomic E-state index is 12.4. The second-order valence-electron chi connectivity index (χ2n) is 8.82. The number of rotatable bonds is 8. The zero-order valence-electron chi connectivity index (χ0n) is 18.4. The van der Waals surface area contributed by atoms with Crippen molar-refractivity contribution >= 4 is 5.91 Å². The minimum absolute atomic E-state index is 0.0177. The van der Waals surface area contributed by atoms with Crippen LogP contribution in [-0.2, 0) is 0 Å². The minimum Gasteiger partial charge on any atom is -0.457 e. The third-order valence-electron chi connectivity index (χ3n) is 6.71. The molecule has 0 bridgehead atoms. The Labute approximate surface area is 186 Å². The zero-order chi connectivity index (χ0) is 21.3. The van der Waals surface area contributed by atoms with E-state index >= 15 is 0 Å². The van der Waals surface area contributed by atoms with Gasteiger partial charge in [-0.1, -0.05) is 18.2 Å². The summed E-state index contributed by atoms with van der Waals surface area (Å²) in [6.07, 6.45) is 6.40. The van der Waals surface area contributed by atoms with Crippen molar-refractivity contribution in [3.05, 3.63) is 60.2 Å². The minimum atomic E-state index is -0.0177. The van der Waals surface area contributed by atoms with E-state index in [-0.39, 0.29) is 5.91 Å². The van der Waals surface area contributed by atoms with Crippen LogP contribution >= 0.6 is 0 Å². The number of hydrogen-bond acceptors (Lipinski definition) is 4. The third kappa shape index (κ3) is 6.55. The smallest absolute Gasteiger partial charge is 0.251 e. The van der Waals surface area contributed by atoms with Crippen LogP contribution in [0.2, 0.25) is 0 Å². The molecule has 0 unspecified atom stereocenters. The van der Waals surface area contributed by atoms with Gasteiger partial charge in [0.1, 0.15) is 11.5 Å². The second kappa shape index (κ2) is 11.3. The van der Waals surface area contributed by atoms with Crippen LogP contribution in [0, 0.1) is 11.8 Å². The number of para-hydroxylation sites is 1. The van der Waals surface area contributed by atoms with Crippen LogP contribution in [0.4, 0.5) is 0 Å². The molecule has 2 N–H and O–H groups in total. The SMILES string of the molecule is O=C(NCCCN1CCC(C2CCNCC2)CC1)c1ccc(Oc2ccccc2)cc1. The Hall–Kier alpha value is -2.37. The predicted molar refractivity (Wildman–Crippen MR) is 125 cm³/mol. The number of hydrogen-bond donors (Lipinski definition) is 2. The normalized spacial score (nSPS) is 18.6. The molecule has 4 rings (SSSR count). The first-order valence-corrected chi connectivity index (χ1v) is 11.8. The molecule has 0 aromatic heterocycles. The molecule has 2 saturated heterocycles. The number of nitrogens with zero attached hydrogens (tertiary/aromatic N) is 1. The second-order valence-corrected chi connectivity index (χ2v) is 8.82. The molecule has 0 radical (unpaired) electrons. The average Bonchev–Trinajstić information content (AvgIpc) is 2.84. The van der Waals surface area contributed by atoms with E-state index in [9.17, 15) is 4.79 Å². The highest BCUT2D eigenvalue weighted by molar-refractivity contribution is 5.94. The van der Waals surface area contributed by atoms with E-state index in [1.54, 1.807) is 0 Å². The Morgan fingerprint density at radius 3 is 2.26 bits per heavy atom. The molecular weight excluding hydrogens is 386 g/mol. The van der Waals surface area contributed by atoms with Crippen LogP contribution in [0.25, 0.3) is 0 Å². The lowest BCUT2D eigenvalue weighted by Crippen LogP contribution is -2.40. The quantitative estimate of drug-likeness (QED) is 0.624. The Balaban J connectivity index is 1.12. The van der Waals surface area contributed by atoms with Crippen LogP contribution in [-0.4, -0.2) is 50.1 Å². The van der Waals surface area contributed by atoms with Gasteiger partial charge in [0.15, 0.2) is 0 Å². The molecule has 166 valence electrons. The van der Waals surface area contributed by atoms with E-state index in [0.717, 1.165) is 42.8 Å². The Bertz CT molecular complexity index is 795. The molecule has 2 aromatic rings. The molecule has 2 aliphatic heterocycles. The molecule has 1 amide bonds. The zero-order valence-corrected chi connectivity index (χ0v) is 18.4. The summed E-state index contributed by atoms with van der Waals surface area (Å²) < 4.78 is 5.78. The van der Waals surface area contributed by atoms with Gasteiger partial charge >= 0.3 is 0 Å². The predicted octanol–water partition coefficient (Wildman–Crippen LogP) is 4.31. The van der Waals surface area contributed by atoms with Crippen molar-refractivity contribution in [3.8, 4) is 11.5 Å². The highest BCUT2D eigenvalue weighted by atomic mass is 16.5. The summed E-state index contributed by atoms with van der Waals surface area (Å²) in [5, 5.41) is 6.53. The number of carbonyl (C=O) groups excluding carboxylic acids is 1. The largest absolute Gasteiger partial charge is 0.457 e.